The van der Waals surface area contributed by atoms with Crippen molar-refractivity contribution in [2.24, 2.45) is 0 Å². The summed E-state index contributed by atoms with van der Waals surface area (Å²) in [4.78, 5) is 0. The lowest BCUT2D eigenvalue weighted by atomic mass is 10.0. The average Bonchev–Trinajstić information content (AvgIpc) is 2.54. The van der Waals surface area contributed by atoms with Crippen LogP contribution in [-0.4, -0.2) is 35.6 Å². The van der Waals surface area contributed by atoms with E-state index in [0.717, 1.165) is 13.0 Å². The van der Waals surface area contributed by atoms with Crippen LogP contribution in [0.25, 0.3) is 0 Å². The van der Waals surface area contributed by atoms with Crippen LogP contribution in [0.5, 0.6) is 0 Å². The number of hydrogen-bond acceptors (Lipinski definition) is 3. The maximum Gasteiger partial charge on any atom is 0.0871 e. The van der Waals surface area contributed by atoms with Gasteiger partial charge in [-0.3, -0.25) is 0 Å². The number of ether oxygens (including phenoxy) is 1. The highest BCUT2D eigenvalue weighted by atomic mass is 16.5. The molecule has 0 aliphatic rings. The van der Waals surface area contributed by atoms with Crippen molar-refractivity contribution in [3.05, 3.63) is 0 Å². The molecule has 1 atom stereocenters. The van der Waals surface area contributed by atoms with Crippen molar-refractivity contribution in [2.75, 3.05) is 19.8 Å². The number of aliphatic hydroxyl groups excluding tert-OH is 1. The molecule has 0 rings (SSSR count). The van der Waals surface area contributed by atoms with Crippen LogP contribution in [-0.2, 0) is 4.74 Å². The van der Waals surface area contributed by atoms with Gasteiger partial charge in [0.15, 0.2) is 0 Å². The van der Waals surface area contributed by atoms with Crippen LogP contribution in [0.2, 0.25) is 0 Å². The smallest absolute Gasteiger partial charge is 0.0871 e. The van der Waals surface area contributed by atoms with Gasteiger partial charge in [0.25, 0.3) is 0 Å². The first kappa shape index (κ1) is 22.9. The molecule has 2 N–H and O–H groups in total. The summed E-state index contributed by atoms with van der Waals surface area (Å²) >= 11 is 0. The molecule has 3 nitrogen and oxygen atoms in total. The van der Waals surface area contributed by atoms with Crippen LogP contribution in [0.15, 0.2) is 0 Å². The van der Waals surface area contributed by atoms with Crippen LogP contribution >= 0.6 is 0 Å². The summed E-state index contributed by atoms with van der Waals surface area (Å²) in [7, 11) is 0. The van der Waals surface area contributed by atoms with E-state index in [2.05, 4.69) is 6.92 Å². The van der Waals surface area contributed by atoms with E-state index in [1.54, 1.807) is 6.92 Å². The third-order valence-corrected chi connectivity index (χ3v) is 4.52. The summed E-state index contributed by atoms with van der Waals surface area (Å²) in [5, 5.41) is 18.5. The van der Waals surface area contributed by atoms with E-state index >= 15 is 0 Å². The third kappa shape index (κ3) is 18.1. The highest BCUT2D eigenvalue weighted by Crippen LogP contribution is 2.12. The molecule has 23 heavy (non-hydrogen) atoms. The highest BCUT2D eigenvalue weighted by molar-refractivity contribution is 4.69. The van der Waals surface area contributed by atoms with Gasteiger partial charge in [-0.2, -0.15) is 0 Å². The SMILES string of the molecule is CCCCCCCCCCCCCCCOCCC(C)(O)CO. The second-order valence-corrected chi connectivity index (χ2v) is 7.26. The summed E-state index contributed by atoms with van der Waals surface area (Å²) < 4.78 is 5.50. The molecule has 0 aromatic carbocycles. The zero-order valence-corrected chi connectivity index (χ0v) is 15.8. The molecule has 0 fully saturated rings. The highest BCUT2D eigenvalue weighted by Gasteiger charge is 2.17. The lowest BCUT2D eigenvalue weighted by Crippen LogP contribution is -2.30. The van der Waals surface area contributed by atoms with Gasteiger partial charge < -0.3 is 14.9 Å². The molecule has 0 aliphatic carbocycles. The Bertz CT molecular complexity index is 229. The normalized spacial score (nSPS) is 14.1. The molecule has 0 amide bonds. The molecule has 3 heteroatoms. The molecule has 0 aliphatic heterocycles. The molecular weight excluding hydrogens is 288 g/mol. The minimum atomic E-state index is -0.990. The van der Waals surface area contributed by atoms with Crippen molar-refractivity contribution in [2.45, 2.75) is 109 Å². The lowest BCUT2D eigenvalue weighted by Gasteiger charge is -2.19. The first-order chi connectivity index (χ1) is 11.1. The third-order valence-electron chi connectivity index (χ3n) is 4.52. The lowest BCUT2D eigenvalue weighted by molar-refractivity contribution is -0.0269. The van der Waals surface area contributed by atoms with Crippen molar-refractivity contribution in [1.29, 1.82) is 0 Å². The largest absolute Gasteiger partial charge is 0.393 e. The van der Waals surface area contributed by atoms with Gasteiger partial charge in [-0.15, -0.1) is 0 Å². The van der Waals surface area contributed by atoms with Gasteiger partial charge >= 0.3 is 0 Å². The first-order valence-corrected chi connectivity index (χ1v) is 10.0. The average molecular weight is 331 g/mol. The minimum Gasteiger partial charge on any atom is -0.393 e. The minimum absolute atomic E-state index is 0.199. The Hall–Kier alpha value is -0.120. The fraction of sp³-hybridized carbons (Fsp3) is 1.00. The van der Waals surface area contributed by atoms with E-state index < -0.39 is 5.60 Å². The van der Waals surface area contributed by atoms with Gasteiger partial charge in [0.05, 0.1) is 12.2 Å². The zero-order chi connectivity index (χ0) is 17.2. The zero-order valence-electron chi connectivity index (χ0n) is 15.8. The first-order valence-electron chi connectivity index (χ1n) is 10.0. The number of hydrogen-bond donors (Lipinski definition) is 2. The second-order valence-electron chi connectivity index (χ2n) is 7.26. The Balaban J connectivity index is 3.05. The Morgan fingerprint density at radius 3 is 1.57 bits per heavy atom. The summed E-state index contributed by atoms with van der Waals surface area (Å²) in [6.45, 7) is 5.02. The van der Waals surface area contributed by atoms with Crippen molar-refractivity contribution in [3.8, 4) is 0 Å². The summed E-state index contributed by atoms with van der Waals surface area (Å²) in [6, 6.07) is 0. The van der Waals surface area contributed by atoms with Gasteiger partial charge in [0.1, 0.15) is 0 Å². The number of unbranched alkanes of at least 4 members (excludes halogenated alkanes) is 12. The number of rotatable bonds is 18. The molecule has 0 saturated heterocycles. The topological polar surface area (TPSA) is 49.7 Å². The molecule has 0 bridgehead atoms. The van der Waals surface area contributed by atoms with E-state index in [9.17, 15) is 5.11 Å². The van der Waals surface area contributed by atoms with Crippen molar-refractivity contribution in [3.63, 3.8) is 0 Å². The molecular formula is C20H42O3. The molecule has 1 unspecified atom stereocenters. The van der Waals surface area contributed by atoms with E-state index in [1.807, 2.05) is 0 Å². The van der Waals surface area contributed by atoms with Gasteiger partial charge in [0.2, 0.25) is 0 Å². The Labute approximate surface area is 144 Å². The second kappa shape index (κ2) is 16.7. The van der Waals surface area contributed by atoms with Crippen molar-refractivity contribution >= 4 is 0 Å². The number of aliphatic hydroxyl groups is 2. The Morgan fingerprint density at radius 2 is 1.13 bits per heavy atom. The monoisotopic (exact) mass is 330 g/mol. The van der Waals surface area contributed by atoms with Crippen LogP contribution < -0.4 is 0 Å². The van der Waals surface area contributed by atoms with Crippen LogP contribution in [0.3, 0.4) is 0 Å². The Kier molecular flexibility index (Phi) is 16.6. The fourth-order valence-electron chi connectivity index (χ4n) is 2.70. The van der Waals surface area contributed by atoms with E-state index in [0.29, 0.717) is 13.0 Å². The molecule has 0 spiro atoms. The maximum atomic E-state index is 9.61. The predicted octanol–water partition coefficient (Wildman–Crippen LogP) is 5.23. The van der Waals surface area contributed by atoms with Crippen molar-refractivity contribution in [1.82, 2.24) is 0 Å². The molecule has 0 saturated carbocycles. The van der Waals surface area contributed by atoms with Crippen LogP contribution in [0.4, 0.5) is 0 Å². The van der Waals surface area contributed by atoms with E-state index in [-0.39, 0.29) is 6.61 Å². The van der Waals surface area contributed by atoms with Crippen LogP contribution in [0, 0.1) is 0 Å². The quantitative estimate of drug-likeness (QED) is 0.338. The van der Waals surface area contributed by atoms with Gasteiger partial charge in [0, 0.05) is 19.6 Å². The molecule has 0 heterocycles. The van der Waals surface area contributed by atoms with Gasteiger partial charge in [-0.05, 0) is 13.3 Å². The van der Waals surface area contributed by atoms with E-state index in [1.165, 1.54) is 77.0 Å². The predicted molar refractivity (Wildman–Crippen MR) is 98.8 cm³/mol. The van der Waals surface area contributed by atoms with Gasteiger partial charge in [-0.25, -0.2) is 0 Å². The fourth-order valence-corrected chi connectivity index (χ4v) is 2.70. The summed E-state index contributed by atoms with van der Waals surface area (Å²) in [5.74, 6) is 0. The molecule has 0 aromatic heterocycles. The van der Waals surface area contributed by atoms with Crippen LogP contribution in [0.1, 0.15) is 104 Å². The summed E-state index contributed by atoms with van der Waals surface area (Å²) in [5.41, 5.74) is -0.990. The molecule has 0 aromatic rings. The standard InChI is InChI=1S/C20H42O3/c1-3-4-5-6-7-8-9-10-11-12-13-14-15-17-23-18-16-20(2,22)19-21/h21-22H,3-19H2,1-2H3. The Morgan fingerprint density at radius 1 is 0.696 bits per heavy atom. The van der Waals surface area contributed by atoms with E-state index in [4.69, 9.17) is 9.84 Å². The maximum absolute atomic E-state index is 9.61. The molecule has 0 radical (unpaired) electrons. The summed E-state index contributed by atoms with van der Waals surface area (Å²) in [6.07, 6.45) is 18.2. The van der Waals surface area contributed by atoms with Crippen molar-refractivity contribution < 1.29 is 14.9 Å². The van der Waals surface area contributed by atoms with Gasteiger partial charge in [-0.1, -0.05) is 84.0 Å². The molecule has 140 valence electrons.